The van der Waals surface area contributed by atoms with Crippen molar-refractivity contribution in [1.29, 1.82) is 0 Å². The summed E-state index contributed by atoms with van der Waals surface area (Å²) in [5, 5.41) is 16.4. The fraction of sp³-hybridized carbons (Fsp3) is 0.238. The van der Waals surface area contributed by atoms with Crippen LogP contribution in [0.5, 0.6) is 11.5 Å². The Morgan fingerprint density at radius 3 is 2.56 bits per heavy atom. The van der Waals surface area contributed by atoms with Crippen molar-refractivity contribution in [3.05, 3.63) is 69.2 Å². The summed E-state index contributed by atoms with van der Waals surface area (Å²) in [5.41, 5.74) is 1.19. The Hall–Kier alpha value is -1.65. The van der Waals surface area contributed by atoms with Crippen LogP contribution in [0.1, 0.15) is 24.3 Å². The first-order valence-electron chi connectivity index (χ1n) is 8.79. The van der Waals surface area contributed by atoms with E-state index in [0.29, 0.717) is 20.8 Å². The third-order valence-electron chi connectivity index (χ3n) is 4.92. The van der Waals surface area contributed by atoms with Crippen LogP contribution in [0.25, 0.3) is 10.8 Å². The first kappa shape index (κ1) is 18.7. The molecule has 3 aromatic rings. The summed E-state index contributed by atoms with van der Waals surface area (Å²) in [7, 11) is 0. The topological polar surface area (TPSA) is 41.5 Å². The molecule has 1 aliphatic rings. The molecule has 0 bridgehead atoms. The third-order valence-corrected chi connectivity index (χ3v) is 6.12. The van der Waals surface area contributed by atoms with Crippen LogP contribution in [0.2, 0.25) is 15.1 Å². The van der Waals surface area contributed by atoms with Gasteiger partial charge in [0.05, 0.1) is 15.1 Å². The molecule has 1 aliphatic heterocycles. The molecule has 2 N–H and O–H groups in total. The molecule has 27 heavy (non-hydrogen) atoms. The van der Waals surface area contributed by atoms with Crippen LogP contribution < -0.4 is 10.1 Å². The lowest BCUT2D eigenvalue weighted by atomic mass is 9.86. The van der Waals surface area contributed by atoms with Gasteiger partial charge in [-0.3, -0.25) is 5.32 Å². The van der Waals surface area contributed by atoms with E-state index in [1.807, 2.05) is 18.2 Å². The zero-order valence-corrected chi connectivity index (χ0v) is 16.7. The second-order valence-electron chi connectivity index (χ2n) is 6.69. The average molecular weight is 423 g/mol. The van der Waals surface area contributed by atoms with Gasteiger partial charge < -0.3 is 9.84 Å². The van der Waals surface area contributed by atoms with Crippen molar-refractivity contribution in [2.24, 2.45) is 0 Å². The fourth-order valence-electron chi connectivity index (χ4n) is 3.67. The lowest BCUT2D eigenvalue weighted by Crippen LogP contribution is -2.44. The maximum absolute atomic E-state index is 9.78. The van der Waals surface area contributed by atoms with Gasteiger partial charge in [0.15, 0.2) is 6.23 Å². The summed E-state index contributed by atoms with van der Waals surface area (Å²) in [6.07, 6.45) is 1.83. The van der Waals surface area contributed by atoms with E-state index in [2.05, 4.69) is 11.4 Å². The number of ether oxygens (including phenoxy) is 1. The Bertz CT molecular complexity index is 969. The smallest absolute Gasteiger partial charge is 0.157 e. The summed E-state index contributed by atoms with van der Waals surface area (Å²) in [6.45, 7) is 0.877. The van der Waals surface area contributed by atoms with E-state index in [1.165, 1.54) is 5.56 Å². The number of piperidine rings is 1. The Balaban J connectivity index is 1.69. The van der Waals surface area contributed by atoms with E-state index >= 15 is 0 Å². The van der Waals surface area contributed by atoms with Crippen molar-refractivity contribution < 1.29 is 9.84 Å². The van der Waals surface area contributed by atoms with E-state index in [0.717, 1.165) is 30.2 Å². The van der Waals surface area contributed by atoms with E-state index in [4.69, 9.17) is 39.5 Å². The summed E-state index contributed by atoms with van der Waals surface area (Å²) >= 11 is 18.3. The average Bonchev–Trinajstić information content (AvgIpc) is 2.66. The molecule has 140 valence electrons. The predicted molar refractivity (Wildman–Crippen MR) is 111 cm³/mol. The quantitative estimate of drug-likeness (QED) is 0.481. The molecule has 0 aromatic heterocycles. The monoisotopic (exact) mass is 421 g/mol. The summed E-state index contributed by atoms with van der Waals surface area (Å²) in [5.74, 6) is 0.997. The highest BCUT2D eigenvalue weighted by atomic mass is 35.5. The summed E-state index contributed by atoms with van der Waals surface area (Å²) in [4.78, 5) is 0. The van der Waals surface area contributed by atoms with Crippen LogP contribution in [-0.4, -0.2) is 17.9 Å². The van der Waals surface area contributed by atoms with E-state index in [1.54, 1.807) is 24.3 Å². The molecule has 2 atom stereocenters. The molecule has 0 spiro atoms. The number of nitrogens with one attached hydrogen (secondary N) is 1. The second-order valence-corrected chi connectivity index (χ2v) is 7.89. The zero-order valence-electron chi connectivity index (χ0n) is 14.4. The molecule has 6 heteroatoms. The molecular formula is C21H18Cl3NO2. The minimum atomic E-state index is -0.216. The Morgan fingerprint density at radius 1 is 1.00 bits per heavy atom. The molecule has 0 radical (unpaired) electrons. The van der Waals surface area contributed by atoms with E-state index in [9.17, 15) is 5.11 Å². The van der Waals surface area contributed by atoms with Gasteiger partial charge in [0.2, 0.25) is 0 Å². The van der Waals surface area contributed by atoms with E-state index < -0.39 is 0 Å². The zero-order chi connectivity index (χ0) is 19.0. The molecule has 0 saturated carbocycles. The number of halogens is 3. The predicted octanol–water partition coefficient (Wildman–Crippen LogP) is 6.38. The highest BCUT2D eigenvalue weighted by Gasteiger charge is 2.29. The first-order valence-corrected chi connectivity index (χ1v) is 9.92. The van der Waals surface area contributed by atoms with Crippen LogP contribution in [0.15, 0.2) is 48.5 Å². The maximum atomic E-state index is 9.78. The number of fused-ring (bicyclic) bond motifs is 1. The van der Waals surface area contributed by atoms with Crippen LogP contribution in [0.3, 0.4) is 0 Å². The number of phenols is 1. The first-order chi connectivity index (χ1) is 13.0. The number of rotatable bonds is 3. The van der Waals surface area contributed by atoms with E-state index in [-0.39, 0.29) is 17.9 Å². The van der Waals surface area contributed by atoms with Crippen LogP contribution in [-0.2, 0) is 0 Å². The Morgan fingerprint density at radius 2 is 1.78 bits per heavy atom. The van der Waals surface area contributed by atoms with Gasteiger partial charge in [-0.15, -0.1) is 0 Å². The fourth-order valence-corrected chi connectivity index (χ4v) is 4.24. The van der Waals surface area contributed by atoms with Crippen molar-refractivity contribution in [1.82, 2.24) is 5.32 Å². The molecule has 3 aromatic carbocycles. The molecular weight excluding hydrogens is 405 g/mol. The van der Waals surface area contributed by atoms with Gasteiger partial charge >= 0.3 is 0 Å². The van der Waals surface area contributed by atoms with Crippen LogP contribution in [0.4, 0.5) is 0 Å². The second kappa shape index (κ2) is 7.76. The Labute approximate surface area is 172 Å². The highest BCUT2D eigenvalue weighted by molar-refractivity contribution is 6.48. The number of benzene rings is 3. The van der Waals surface area contributed by atoms with Gasteiger partial charge in [-0.25, -0.2) is 0 Å². The number of phenolic OH excluding ortho intramolecular Hbond substituents is 1. The van der Waals surface area contributed by atoms with Crippen molar-refractivity contribution in [3.63, 3.8) is 0 Å². The molecule has 0 amide bonds. The van der Waals surface area contributed by atoms with Gasteiger partial charge in [0.25, 0.3) is 0 Å². The molecule has 3 nitrogen and oxygen atoms in total. The Kier molecular flexibility index (Phi) is 5.38. The lowest BCUT2D eigenvalue weighted by Gasteiger charge is -2.34. The normalized spacial score (nSPS) is 20.0. The SMILES string of the molecule is Oc1ccc2c(C3CCCNC3Oc3cc(Cl)c(Cl)c(Cl)c3)cccc2c1. The van der Waals surface area contributed by atoms with Crippen LogP contribution >= 0.6 is 34.8 Å². The minimum Gasteiger partial charge on any atom is -0.508 e. The third kappa shape index (κ3) is 3.83. The van der Waals surface area contributed by atoms with Gasteiger partial charge in [-0.05, 0) is 47.9 Å². The van der Waals surface area contributed by atoms with Gasteiger partial charge in [-0.2, -0.15) is 0 Å². The number of hydrogen-bond acceptors (Lipinski definition) is 3. The molecule has 1 saturated heterocycles. The van der Waals surface area contributed by atoms with Crippen LogP contribution in [0, 0.1) is 0 Å². The molecule has 0 aliphatic carbocycles. The van der Waals surface area contributed by atoms with Crippen molar-refractivity contribution in [2.75, 3.05) is 6.54 Å². The van der Waals surface area contributed by atoms with Crippen molar-refractivity contribution in [3.8, 4) is 11.5 Å². The highest BCUT2D eigenvalue weighted by Crippen LogP contribution is 2.38. The molecule has 1 fully saturated rings. The van der Waals surface area contributed by atoms with Gasteiger partial charge in [-0.1, -0.05) is 59.1 Å². The van der Waals surface area contributed by atoms with Gasteiger partial charge in [0.1, 0.15) is 11.5 Å². The summed E-state index contributed by atoms with van der Waals surface area (Å²) < 4.78 is 6.22. The van der Waals surface area contributed by atoms with Crippen molar-refractivity contribution in [2.45, 2.75) is 25.0 Å². The minimum absolute atomic E-state index is 0.153. The number of aromatic hydroxyl groups is 1. The largest absolute Gasteiger partial charge is 0.508 e. The van der Waals surface area contributed by atoms with Crippen molar-refractivity contribution >= 4 is 45.6 Å². The molecule has 4 rings (SSSR count). The maximum Gasteiger partial charge on any atom is 0.157 e. The lowest BCUT2D eigenvalue weighted by molar-refractivity contribution is 0.109. The van der Waals surface area contributed by atoms with Gasteiger partial charge in [0, 0.05) is 18.1 Å². The standard InChI is InChI=1S/C21H18Cl3NO2/c22-18-10-14(11-19(23)20(18)24)27-21-17(5-2-8-25-21)16-4-1-3-12-9-13(26)6-7-15(12)16/h1,3-4,6-7,9-11,17,21,25-26H,2,5,8H2. The number of hydrogen-bond donors (Lipinski definition) is 2. The molecule has 1 heterocycles. The molecule has 2 unspecified atom stereocenters. The summed E-state index contributed by atoms with van der Waals surface area (Å²) in [6, 6.07) is 15.0.